The number of ether oxygens (including phenoxy) is 1. The first-order chi connectivity index (χ1) is 9.22. The summed E-state index contributed by atoms with van der Waals surface area (Å²) in [7, 11) is 1.85. The molecular weight excluding hydrogens is 242 g/mol. The van der Waals surface area contributed by atoms with Crippen LogP contribution in [-0.2, 0) is 16.6 Å². The SMILES string of the molecule is CCOC(=O)C=Cc1cnn(C)c1-c1cccnc1. The Hall–Kier alpha value is -2.43. The third kappa shape index (κ3) is 3.07. The molecule has 0 atom stereocenters. The van der Waals surface area contributed by atoms with Crippen LogP contribution in [0.2, 0.25) is 0 Å². The number of carbonyl (C=O) groups is 1. The lowest BCUT2D eigenvalue weighted by molar-refractivity contribution is -0.137. The lowest BCUT2D eigenvalue weighted by Gasteiger charge is -2.03. The molecule has 5 nitrogen and oxygen atoms in total. The molecule has 2 aromatic rings. The van der Waals surface area contributed by atoms with Gasteiger partial charge in [0, 0.05) is 36.6 Å². The second-order valence-corrected chi connectivity index (χ2v) is 3.90. The summed E-state index contributed by atoms with van der Waals surface area (Å²) in [6, 6.07) is 3.81. The van der Waals surface area contributed by atoms with Crippen molar-refractivity contribution >= 4 is 12.0 Å². The van der Waals surface area contributed by atoms with Crippen LogP contribution in [0.5, 0.6) is 0 Å². The quantitative estimate of drug-likeness (QED) is 0.621. The van der Waals surface area contributed by atoms with Crippen LogP contribution in [0.25, 0.3) is 17.3 Å². The van der Waals surface area contributed by atoms with Crippen molar-refractivity contribution in [2.75, 3.05) is 6.61 Å². The minimum atomic E-state index is -0.358. The number of aromatic nitrogens is 3. The average Bonchev–Trinajstić information content (AvgIpc) is 2.79. The Morgan fingerprint density at radius 1 is 1.47 bits per heavy atom. The molecule has 0 saturated carbocycles. The Bertz CT molecular complexity index is 588. The molecule has 0 aliphatic heterocycles. The van der Waals surface area contributed by atoms with E-state index in [1.54, 1.807) is 36.3 Å². The fraction of sp³-hybridized carbons (Fsp3) is 0.214. The van der Waals surface area contributed by atoms with Crippen molar-refractivity contribution in [3.8, 4) is 11.3 Å². The lowest BCUT2D eigenvalue weighted by atomic mass is 10.1. The van der Waals surface area contributed by atoms with Gasteiger partial charge >= 0.3 is 5.97 Å². The Morgan fingerprint density at radius 3 is 3.00 bits per heavy atom. The highest BCUT2D eigenvalue weighted by molar-refractivity contribution is 5.88. The van der Waals surface area contributed by atoms with E-state index in [1.165, 1.54) is 6.08 Å². The second kappa shape index (κ2) is 5.95. The van der Waals surface area contributed by atoms with Gasteiger partial charge in [0.15, 0.2) is 0 Å². The maximum absolute atomic E-state index is 11.3. The zero-order valence-electron chi connectivity index (χ0n) is 10.9. The fourth-order valence-electron chi connectivity index (χ4n) is 1.78. The maximum Gasteiger partial charge on any atom is 0.330 e. The molecule has 19 heavy (non-hydrogen) atoms. The van der Waals surface area contributed by atoms with Crippen LogP contribution in [-0.4, -0.2) is 27.3 Å². The van der Waals surface area contributed by atoms with E-state index in [4.69, 9.17) is 4.74 Å². The number of aryl methyl sites for hydroxylation is 1. The smallest absolute Gasteiger partial charge is 0.330 e. The summed E-state index contributed by atoms with van der Waals surface area (Å²) in [5.41, 5.74) is 2.71. The number of hydrogen-bond donors (Lipinski definition) is 0. The Kier molecular flexibility index (Phi) is 4.07. The molecule has 5 heteroatoms. The van der Waals surface area contributed by atoms with Gasteiger partial charge < -0.3 is 4.74 Å². The van der Waals surface area contributed by atoms with Crippen LogP contribution in [0, 0.1) is 0 Å². The van der Waals surface area contributed by atoms with E-state index < -0.39 is 0 Å². The van der Waals surface area contributed by atoms with Gasteiger partial charge in [-0.05, 0) is 25.1 Å². The number of pyridine rings is 1. The zero-order valence-corrected chi connectivity index (χ0v) is 10.9. The Balaban J connectivity index is 2.31. The van der Waals surface area contributed by atoms with Gasteiger partial charge in [0.2, 0.25) is 0 Å². The predicted molar refractivity (Wildman–Crippen MR) is 72.1 cm³/mol. The Labute approximate surface area is 111 Å². The largest absolute Gasteiger partial charge is 0.463 e. The highest BCUT2D eigenvalue weighted by Gasteiger charge is 2.09. The molecule has 0 aliphatic carbocycles. The number of carbonyl (C=O) groups excluding carboxylic acids is 1. The molecule has 0 fully saturated rings. The van der Waals surface area contributed by atoms with Gasteiger partial charge in [-0.2, -0.15) is 5.10 Å². The summed E-state index contributed by atoms with van der Waals surface area (Å²) in [5, 5.41) is 4.20. The monoisotopic (exact) mass is 257 g/mol. The van der Waals surface area contributed by atoms with Gasteiger partial charge in [-0.15, -0.1) is 0 Å². The van der Waals surface area contributed by atoms with E-state index in [-0.39, 0.29) is 5.97 Å². The fourth-order valence-corrected chi connectivity index (χ4v) is 1.78. The molecule has 0 bridgehead atoms. The molecule has 0 aromatic carbocycles. The van der Waals surface area contributed by atoms with E-state index >= 15 is 0 Å². The van der Waals surface area contributed by atoms with Crippen molar-refractivity contribution in [3.05, 3.63) is 42.4 Å². The van der Waals surface area contributed by atoms with Crippen molar-refractivity contribution in [3.63, 3.8) is 0 Å². The molecule has 0 radical (unpaired) electrons. The minimum absolute atomic E-state index is 0.358. The van der Waals surface area contributed by atoms with E-state index in [2.05, 4.69) is 10.1 Å². The molecule has 0 N–H and O–H groups in total. The standard InChI is InChI=1S/C14H15N3O2/c1-3-19-13(18)7-6-12-10-16-17(2)14(12)11-5-4-8-15-9-11/h4-10H,3H2,1-2H3. The summed E-state index contributed by atoms with van der Waals surface area (Å²) in [6.07, 6.45) is 8.29. The molecular formula is C14H15N3O2. The third-order valence-corrected chi connectivity index (χ3v) is 2.59. The van der Waals surface area contributed by atoms with E-state index in [0.717, 1.165) is 16.8 Å². The van der Waals surface area contributed by atoms with Gasteiger partial charge in [0.05, 0.1) is 18.5 Å². The van der Waals surface area contributed by atoms with Crippen LogP contribution in [0.3, 0.4) is 0 Å². The second-order valence-electron chi connectivity index (χ2n) is 3.90. The molecule has 0 spiro atoms. The first-order valence-electron chi connectivity index (χ1n) is 5.99. The summed E-state index contributed by atoms with van der Waals surface area (Å²) < 4.78 is 6.60. The molecule has 2 rings (SSSR count). The summed E-state index contributed by atoms with van der Waals surface area (Å²) in [5.74, 6) is -0.358. The van der Waals surface area contributed by atoms with E-state index in [0.29, 0.717) is 6.61 Å². The van der Waals surface area contributed by atoms with Crippen LogP contribution >= 0.6 is 0 Å². The summed E-state index contributed by atoms with van der Waals surface area (Å²) >= 11 is 0. The Morgan fingerprint density at radius 2 is 2.32 bits per heavy atom. The summed E-state index contributed by atoms with van der Waals surface area (Å²) in [4.78, 5) is 15.4. The molecule has 0 saturated heterocycles. The first-order valence-corrected chi connectivity index (χ1v) is 5.99. The number of rotatable bonds is 4. The number of nitrogens with zero attached hydrogens (tertiary/aromatic N) is 3. The van der Waals surface area contributed by atoms with Gasteiger partial charge in [0.1, 0.15) is 0 Å². The molecule has 0 amide bonds. The van der Waals surface area contributed by atoms with E-state index in [9.17, 15) is 4.79 Å². The van der Waals surface area contributed by atoms with Crippen molar-refractivity contribution in [1.29, 1.82) is 0 Å². The van der Waals surface area contributed by atoms with Crippen LogP contribution in [0.1, 0.15) is 12.5 Å². The predicted octanol–water partition coefficient (Wildman–Crippen LogP) is 2.06. The summed E-state index contributed by atoms with van der Waals surface area (Å²) in [6.45, 7) is 2.14. The van der Waals surface area contributed by atoms with E-state index in [1.807, 2.05) is 19.2 Å². The van der Waals surface area contributed by atoms with Gasteiger partial charge in [-0.1, -0.05) is 0 Å². The molecule has 0 unspecified atom stereocenters. The number of hydrogen-bond acceptors (Lipinski definition) is 4. The lowest BCUT2D eigenvalue weighted by Crippen LogP contribution is -1.99. The topological polar surface area (TPSA) is 57.0 Å². The molecule has 2 aromatic heterocycles. The zero-order chi connectivity index (χ0) is 13.7. The highest BCUT2D eigenvalue weighted by Crippen LogP contribution is 2.23. The van der Waals surface area contributed by atoms with Crippen LogP contribution < -0.4 is 0 Å². The normalized spacial score (nSPS) is 10.8. The molecule has 98 valence electrons. The molecule has 0 aliphatic rings. The third-order valence-electron chi connectivity index (χ3n) is 2.59. The van der Waals surface area contributed by atoms with Crippen molar-refractivity contribution in [2.24, 2.45) is 7.05 Å². The maximum atomic E-state index is 11.3. The van der Waals surface area contributed by atoms with Crippen molar-refractivity contribution in [2.45, 2.75) is 6.92 Å². The van der Waals surface area contributed by atoms with Gasteiger partial charge in [0.25, 0.3) is 0 Å². The van der Waals surface area contributed by atoms with Crippen molar-refractivity contribution < 1.29 is 9.53 Å². The van der Waals surface area contributed by atoms with Crippen LogP contribution in [0.4, 0.5) is 0 Å². The highest BCUT2D eigenvalue weighted by atomic mass is 16.5. The van der Waals surface area contributed by atoms with Crippen molar-refractivity contribution in [1.82, 2.24) is 14.8 Å². The van der Waals surface area contributed by atoms with Gasteiger partial charge in [-0.3, -0.25) is 9.67 Å². The minimum Gasteiger partial charge on any atom is -0.463 e. The van der Waals surface area contributed by atoms with Gasteiger partial charge in [-0.25, -0.2) is 4.79 Å². The molecule has 2 heterocycles. The first kappa shape index (κ1) is 13.0. The number of esters is 1. The van der Waals surface area contributed by atoms with Crippen LogP contribution in [0.15, 0.2) is 36.8 Å². The average molecular weight is 257 g/mol.